The van der Waals surface area contributed by atoms with Crippen LogP contribution in [0.1, 0.15) is 23.6 Å². The van der Waals surface area contributed by atoms with E-state index in [4.69, 9.17) is 14.4 Å². The van der Waals surface area contributed by atoms with E-state index < -0.39 is 0 Å². The second-order valence-corrected chi connectivity index (χ2v) is 14.9. The average molecular weight is 693 g/mol. The Morgan fingerprint density at radius 1 is 0.593 bits per heavy atom. The van der Waals surface area contributed by atoms with Gasteiger partial charge in [0, 0.05) is 38.6 Å². The summed E-state index contributed by atoms with van der Waals surface area (Å²) in [5, 5.41) is 3.26. The number of hydrogen-bond donors (Lipinski definition) is 0. The first-order chi connectivity index (χ1) is 26.6. The standard InChI is InChI=1S/C49H32N4O/c1-49-28-32-11-10-17-38(45(32)49)36-22-19-31(26-41(36)49)30-20-24-44-40(25-30)46-47(54-44)48(51-29-50-46)53-42-18-9-8-16-37(42)39-27-35(21-23-43(39)53)52(33-12-4-2-5-13-33)34-14-6-3-7-15-34/h2-27,29H,28H2,1H3. The van der Waals surface area contributed by atoms with Gasteiger partial charge in [0.1, 0.15) is 17.4 Å². The fourth-order valence-electron chi connectivity index (χ4n) is 9.46. The Hall–Kier alpha value is -6.98. The predicted octanol–water partition coefficient (Wildman–Crippen LogP) is 12.5. The molecule has 1 unspecified atom stereocenters. The van der Waals surface area contributed by atoms with Crippen molar-refractivity contribution in [2.45, 2.75) is 18.8 Å². The van der Waals surface area contributed by atoms with Crippen LogP contribution < -0.4 is 4.90 Å². The number of hydrogen-bond acceptors (Lipinski definition) is 4. The van der Waals surface area contributed by atoms with E-state index in [1.807, 2.05) is 0 Å². The zero-order valence-electron chi connectivity index (χ0n) is 29.5. The smallest absolute Gasteiger partial charge is 0.197 e. The van der Waals surface area contributed by atoms with Crippen molar-refractivity contribution in [1.29, 1.82) is 0 Å². The van der Waals surface area contributed by atoms with Gasteiger partial charge in [-0.2, -0.15) is 0 Å². The maximum absolute atomic E-state index is 6.68. The highest BCUT2D eigenvalue weighted by atomic mass is 16.3. The van der Waals surface area contributed by atoms with Gasteiger partial charge in [0.25, 0.3) is 0 Å². The number of aromatic nitrogens is 3. The van der Waals surface area contributed by atoms with Crippen LogP contribution in [0.3, 0.4) is 0 Å². The average Bonchev–Trinajstić information content (AvgIpc) is 3.83. The molecular weight excluding hydrogens is 661 g/mol. The lowest BCUT2D eigenvalue weighted by Gasteiger charge is -2.38. The van der Waals surface area contributed by atoms with Crippen LogP contribution in [0.25, 0.3) is 71.9 Å². The normalized spacial score (nSPS) is 15.5. The monoisotopic (exact) mass is 692 g/mol. The van der Waals surface area contributed by atoms with Crippen LogP contribution in [-0.4, -0.2) is 14.5 Å². The fraction of sp³-hybridized carbons (Fsp3) is 0.0612. The second-order valence-electron chi connectivity index (χ2n) is 14.9. The van der Waals surface area contributed by atoms with Gasteiger partial charge in [-0.05, 0) is 112 Å². The van der Waals surface area contributed by atoms with E-state index in [0.29, 0.717) is 5.58 Å². The molecule has 2 aliphatic carbocycles. The molecule has 0 amide bonds. The Balaban J connectivity index is 1.01. The van der Waals surface area contributed by atoms with Gasteiger partial charge in [-0.3, -0.25) is 4.57 Å². The van der Waals surface area contributed by atoms with Gasteiger partial charge >= 0.3 is 0 Å². The minimum atomic E-state index is 0.0935. The van der Waals surface area contributed by atoms with Crippen molar-refractivity contribution in [3.63, 3.8) is 0 Å². The van der Waals surface area contributed by atoms with E-state index in [2.05, 4.69) is 174 Å². The number of para-hydroxylation sites is 3. The van der Waals surface area contributed by atoms with Crippen molar-refractivity contribution < 1.29 is 4.42 Å². The molecule has 7 aromatic carbocycles. The highest BCUT2D eigenvalue weighted by Gasteiger charge is 2.47. The molecule has 3 heterocycles. The molecule has 54 heavy (non-hydrogen) atoms. The SMILES string of the molecule is CC12Cc3cccc(c31)-c1ccc(-c3ccc4oc5c(-n6c7ccccc7c7cc(N(c8ccccc8)c8ccccc8)ccc76)ncnc5c4c3)cc12. The van der Waals surface area contributed by atoms with Crippen LogP contribution in [0.15, 0.2) is 168 Å². The maximum atomic E-state index is 6.68. The topological polar surface area (TPSA) is 47.1 Å². The second kappa shape index (κ2) is 10.8. The molecule has 0 bridgehead atoms. The van der Waals surface area contributed by atoms with Crippen molar-refractivity contribution in [1.82, 2.24) is 14.5 Å². The summed E-state index contributed by atoms with van der Waals surface area (Å²) < 4.78 is 8.90. The molecule has 254 valence electrons. The van der Waals surface area contributed by atoms with Crippen molar-refractivity contribution in [2.75, 3.05) is 4.90 Å². The van der Waals surface area contributed by atoms with E-state index in [1.165, 1.54) is 33.4 Å². The summed E-state index contributed by atoms with van der Waals surface area (Å²) in [6.45, 7) is 2.40. The van der Waals surface area contributed by atoms with E-state index in [0.717, 1.165) is 73.2 Å². The molecule has 2 aliphatic rings. The third-order valence-corrected chi connectivity index (χ3v) is 11.9. The summed E-state index contributed by atoms with van der Waals surface area (Å²) in [4.78, 5) is 12.0. The molecule has 10 aromatic rings. The zero-order chi connectivity index (χ0) is 35.5. The van der Waals surface area contributed by atoms with Crippen LogP contribution >= 0.6 is 0 Å². The summed E-state index contributed by atoms with van der Waals surface area (Å²) in [7, 11) is 0. The van der Waals surface area contributed by atoms with Gasteiger partial charge in [-0.1, -0.05) is 97.9 Å². The third-order valence-electron chi connectivity index (χ3n) is 11.9. The molecule has 1 atom stereocenters. The fourth-order valence-corrected chi connectivity index (χ4v) is 9.46. The summed E-state index contributed by atoms with van der Waals surface area (Å²) >= 11 is 0. The molecule has 5 heteroatoms. The van der Waals surface area contributed by atoms with Gasteiger partial charge in [0.15, 0.2) is 11.4 Å². The lowest BCUT2D eigenvalue weighted by molar-refractivity contribution is 0.512. The Bertz CT molecular complexity index is 3120. The largest absolute Gasteiger partial charge is 0.450 e. The molecule has 3 aromatic heterocycles. The Labute approximate surface area is 311 Å². The lowest BCUT2D eigenvalue weighted by Crippen LogP contribution is -2.34. The Morgan fingerprint density at radius 3 is 2.17 bits per heavy atom. The molecule has 0 radical (unpaired) electrons. The van der Waals surface area contributed by atoms with Crippen molar-refractivity contribution in [3.05, 3.63) is 181 Å². The molecular formula is C49H32N4O. The third kappa shape index (κ3) is 3.98. The molecule has 0 saturated carbocycles. The maximum Gasteiger partial charge on any atom is 0.197 e. The van der Waals surface area contributed by atoms with Gasteiger partial charge < -0.3 is 9.32 Å². The lowest BCUT2D eigenvalue weighted by atomic mass is 9.64. The minimum absolute atomic E-state index is 0.0935. The summed E-state index contributed by atoms with van der Waals surface area (Å²) in [5.41, 5.74) is 17.3. The molecule has 0 spiro atoms. The first-order valence-corrected chi connectivity index (χ1v) is 18.5. The molecule has 5 nitrogen and oxygen atoms in total. The molecule has 0 N–H and O–H groups in total. The predicted molar refractivity (Wildman–Crippen MR) is 219 cm³/mol. The summed E-state index contributed by atoms with van der Waals surface area (Å²) in [6, 6.07) is 56.5. The van der Waals surface area contributed by atoms with Gasteiger partial charge in [0.05, 0.1) is 11.0 Å². The van der Waals surface area contributed by atoms with Crippen molar-refractivity contribution in [3.8, 4) is 28.1 Å². The van der Waals surface area contributed by atoms with Crippen LogP contribution in [0, 0.1) is 0 Å². The van der Waals surface area contributed by atoms with Gasteiger partial charge in [0.2, 0.25) is 0 Å². The Morgan fingerprint density at radius 2 is 1.33 bits per heavy atom. The number of nitrogens with zero attached hydrogens (tertiary/aromatic N) is 4. The molecule has 0 aliphatic heterocycles. The first-order valence-electron chi connectivity index (χ1n) is 18.5. The van der Waals surface area contributed by atoms with E-state index in [9.17, 15) is 0 Å². The quantitative estimate of drug-likeness (QED) is 0.180. The Kier molecular flexibility index (Phi) is 5.91. The van der Waals surface area contributed by atoms with Crippen LogP contribution in [0.5, 0.6) is 0 Å². The number of furan rings is 1. The number of anilines is 3. The van der Waals surface area contributed by atoms with Gasteiger partial charge in [-0.25, -0.2) is 9.97 Å². The summed E-state index contributed by atoms with van der Waals surface area (Å²) in [6.07, 6.45) is 2.77. The first kappa shape index (κ1) is 29.6. The van der Waals surface area contributed by atoms with Crippen LogP contribution in [0.4, 0.5) is 17.1 Å². The van der Waals surface area contributed by atoms with E-state index in [-0.39, 0.29) is 5.41 Å². The number of benzene rings is 7. The summed E-state index contributed by atoms with van der Waals surface area (Å²) in [5.74, 6) is 0.726. The number of rotatable bonds is 5. The van der Waals surface area contributed by atoms with Crippen molar-refractivity contribution >= 4 is 60.9 Å². The molecule has 12 rings (SSSR count). The van der Waals surface area contributed by atoms with Crippen molar-refractivity contribution in [2.24, 2.45) is 0 Å². The zero-order valence-corrected chi connectivity index (χ0v) is 29.5. The van der Waals surface area contributed by atoms with Crippen LogP contribution in [0.2, 0.25) is 0 Å². The minimum Gasteiger partial charge on any atom is -0.450 e. The van der Waals surface area contributed by atoms with Gasteiger partial charge in [-0.15, -0.1) is 0 Å². The molecule has 0 saturated heterocycles. The van der Waals surface area contributed by atoms with E-state index >= 15 is 0 Å². The molecule has 0 fully saturated rings. The number of fused-ring (bicyclic) bond motifs is 9. The van der Waals surface area contributed by atoms with E-state index in [1.54, 1.807) is 6.33 Å². The highest BCUT2D eigenvalue weighted by molar-refractivity contribution is 6.12. The highest BCUT2D eigenvalue weighted by Crippen LogP contribution is 2.58. The van der Waals surface area contributed by atoms with Crippen LogP contribution in [-0.2, 0) is 11.8 Å².